The van der Waals surface area contributed by atoms with Gasteiger partial charge >= 0.3 is 0 Å². The third-order valence-corrected chi connectivity index (χ3v) is 7.38. The van der Waals surface area contributed by atoms with Crippen LogP contribution in [0.3, 0.4) is 0 Å². The highest BCUT2D eigenvalue weighted by Gasteiger charge is 2.59. The molecule has 196 valence electrons. The van der Waals surface area contributed by atoms with Gasteiger partial charge in [0.25, 0.3) is 11.8 Å². The van der Waals surface area contributed by atoms with Gasteiger partial charge in [-0.3, -0.25) is 14.4 Å². The van der Waals surface area contributed by atoms with Crippen LogP contribution in [0, 0.1) is 11.6 Å². The van der Waals surface area contributed by atoms with Gasteiger partial charge in [-0.05, 0) is 25.8 Å². The molecule has 1 fully saturated rings. The van der Waals surface area contributed by atoms with Crippen LogP contribution in [0.1, 0.15) is 52.2 Å². The lowest BCUT2D eigenvalue weighted by atomic mass is 9.82. The summed E-state index contributed by atoms with van der Waals surface area (Å²) in [4.78, 5) is 46.2. The van der Waals surface area contributed by atoms with Crippen molar-refractivity contribution in [3.05, 3.63) is 63.1 Å². The Bertz CT molecular complexity index is 1400. The second kappa shape index (κ2) is 8.91. The van der Waals surface area contributed by atoms with E-state index in [0.717, 1.165) is 18.3 Å². The second-order valence-electron chi connectivity index (χ2n) is 9.42. The fourth-order valence-electron chi connectivity index (χ4n) is 5.24. The standard InChI is InChI=1S/C24H23F3N4O6/c1-11-4-5-24(21(34)16(7-25)29-37-24)17-10-30(11)23(36)18-20(33)19(32)14(9-31(17)18)22(35)28-8-12-2-3-13(26)6-15(12)27/h2-3,6,9,11,17,21,33-34H,4-5,7-8,10H2,1H3,(H,28,35)/t11-,17+,21-,24+/m0/s1. The molecule has 1 saturated heterocycles. The van der Waals surface area contributed by atoms with Crippen molar-refractivity contribution in [1.82, 2.24) is 14.8 Å². The number of aromatic hydroxyl groups is 1. The first-order chi connectivity index (χ1) is 17.6. The molecule has 2 bridgehead atoms. The number of oxime groups is 1. The lowest BCUT2D eigenvalue weighted by molar-refractivity contribution is -0.114. The van der Waals surface area contributed by atoms with Crippen LogP contribution in [0.2, 0.25) is 0 Å². The number of carbonyl (C=O) groups is 2. The topological polar surface area (TPSA) is 133 Å². The smallest absolute Gasteiger partial charge is 0.274 e. The number of pyridine rings is 1. The molecule has 3 aliphatic heterocycles. The number of benzene rings is 1. The van der Waals surface area contributed by atoms with E-state index in [1.165, 1.54) is 9.47 Å². The third-order valence-electron chi connectivity index (χ3n) is 7.38. The number of carbonyl (C=O) groups excluding carboxylic acids is 2. The number of aromatic nitrogens is 1. The summed E-state index contributed by atoms with van der Waals surface area (Å²) in [5, 5.41) is 27.8. The van der Waals surface area contributed by atoms with Crippen LogP contribution in [-0.2, 0) is 11.4 Å². The first-order valence-corrected chi connectivity index (χ1v) is 11.6. The zero-order valence-corrected chi connectivity index (χ0v) is 19.6. The summed E-state index contributed by atoms with van der Waals surface area (Å²) in [6.07, 6.45) is 0.101. The molecular weight excluding hydrogens is 497 g/mol. The molecule has 0 radical (unpaired) electrons. The SMILES string of the molecule is C[C@H]1CC[C@@]2(ON=C(CF)[C@@H]2O)[C@H]2CN1C(=O)c1c(O)c(=O)c(C(=O)NCc3ccc(F)cc3F)cn12. The molecular formula is C24H23F3N4O6. The molecule has 4 atom stereocenters. The van der Waals surface area contributed by atoms with Gasteiger partial charge in [0, 0.05) is 37.0 Å². The molecule has 3 aliphatic rings. The van der Waals surface area contributed by atoms with Gasteiger partial charge in [0.15, 0.2) is 17.0 Å². The fourth-order valence-corrected chi connectivity index (χ4v) is 5.24. The van der Waals surface area contributed by atoms with E-state index in [4.69, 9.17) is 4.84 Å². The zero-order chi connectivity index (χ0) is 26.6. The van der Waals surface area contributed by atoms with Crippen LogP contribution in [0.25, 0.3) is 0 Å². The van der Waals surface area contributed by atoms with Crippen molar-refractivity contribution in [1.29, 1.82) is 0 Å². The van der Waals surface area contributed by atoms with Crippen molar-refractivity contribution in [2.75, 3.05) is 13.2 Å². The predicted octanol–water partition coefficient (Wildman–Crippen LogP) is 1.40. The van der Waals surface area contributed by atoms with E-state index in [1.807, 2.05) is 0 Å². The summed E-state index contributed by atoms with van der Waals surface area (Å²) in [5.74, 6) is -4.33. The highest BCUT2D eigenvalue weighted by molar-refractivity contribution is 5.99. The van der Waals surface area contributed by atoms with Crippen LogP contribution in [0.4, 0.5) is 13.2 Å². The van der Waals surface area contributed by atoms with Crippen molar-refractivity contribution in [2.24, 2.45) is 5.16 Å². The van der Waals surface area contributed by atoms with E-state index in [2.05, 4.69) is 10.5 Å². The number of fused-ring (bicyclic) bond motifs is 5. The number of hydrogen-bond donors (Lipinski definition) is 3. The van der Waals surface area contributed by atoms with Gasteiger partial charge in [-0.1, -0.05) is 11.2 Å². The molecule has 1 aromatic carbocycles. The van der Waals surface area contributed by atoms with E-state index in [1.54, 1.807) is 6.92 Å². The number of amides is 2. The van der Waals surface area contributed by atoms with Gasteiger partial charge in [-0.25, -0.2) is 13.2 Å². The van der Waals surface area contributed by atoms with Gasteiger partial charge < -0.3 is 29.8 Å². The van der Waals surface area contributed by atoms with E-state index in [9.17, 15) is 37.8 Å². The van der Waals surface area contributed by atoms with Crippen molar-refractivity contribution >= 4 is 17.5 Å². The summed E-state index contributed by atoms with van der Waals surface area (Å²) in [5.41, 5.74) is -3.89. The van der Waals surface area contributed by atoms with Crippen LogP contribution in [0.5, 0.6) is 5.75 Å². The number of aliphatic hydroxyl groups excluding tert-OH is 1. The molecule has 0 aliphatic carbocycles. The molecule has 1 spiro atoms. The number of alkyl halides is 1. The average Bonchev–Trinajstić information content (AvgIpc) is 3.12. The largest absolute Gasteiger partial charge is 0.503 e. The number of halogens is 3. The monoisotopic (exact) mass is 520 g/mol. The van der Waals surface area contributed by atoms with Crippen molar-refractivity contribution in [2.45, 2.75) is 50.1 Å². The van der Waals surface area contributed by atoms with Gasteiger partial charge in [0.05, 0.1) is 6.04 Å². The molecule has 0 saturated carbocycles. The Balaban J connectivity index is 1.57. The molecule has 3 N–H and O–H groups in total. The van der Waals surface area contributed by atoms with Gasteiger partial charge in [-0.2, -0.15) is 0 Å². The van der Waals surface area contributed by atoms with E-state index in [-0.39, 0.29) is 36.8 Å². The van der Waals surface area contributed by atoms with Crippen LogP contribution in [-0.4, -0.2) is 68.2 Å². The third kappa shape index (κ3) is 3.76. The Kier molecular flexibility index (Phi) is 5.97. The van der Waals surface area contributed by atoms with Crippen molar-refractivity contribution < 1.29 is 37.8 Å². The minimum absolute atomic E-state index is 0.0245. The van der Waals surface area contributed by atoms with E-state index >= 15 is 0 Å². The second-order valence-corrected chi connectivity index (χ2v) is 9.42. The number of aliphatic hydroxyl groups is 1. The fraction of sp³-hybridized carbons (Fsp3) is 0.417. The molecule has 10 nitrogen and oxygen atoms in total. The van der Waals surface area contributed by atoms with Crippen LogP contribution < -0.4 is 10.7 Å². The lowest BCUT2D eigenvalue weighted by Crippen LogP contribution is -2.56. The van der Waals surface area contributed by atoms with Crippen LogP contribution >= 0.6 is 0 Å². The molecule has 4 heterocycles. The number of nitrogens with one attached hydrogen (secondary N) is 1. The Morgan fingerprint density at radius 2 is 2.08 bits per heavy atom. The first-order valence-electron chi connectivity index (χ1n) is 11.6. The number of hydrogen-bond acceptors (Lipinski definition) is 7. The Labute approximate surface area is 207 Å². The molecule has 0 unspecified atom stereocenters. The molecule has 2 aromatic rings. The summed E-state index contributed by atoms with van der Waals surface area (Å²) in [6, 6.07) is 1.48. The summed E-state index contributed by atoms with van der Waals surface area (Å²) >= 11 is 0. The van der Waals surface area contributed by atoms with E-state index in [0.29, 0.717) is 12.5 Å². The molecule has 1 aromatic heterocycles. The molecule has 5 rings (SSSR count). The maximum absolute atomic E-state index is 14.0. The maximum Gasteiger partial charge on any atom is 0.274 e. The quantitative estimate of drug-likeness (QED) is 0.558. The van der Waals surface area contributed by atoms with Gasteiger partial charge in [-0.15, -0.1) is 0 Å². The normalized spacial score (nSPS) is 26.4. The van der Waals surface area contributed by atoms with Crippen molar-refractivity contribution in [3.63, 3.8) is 0 Å². The van der Waals surface area contributed by atoms with Crippen LogP contribution in [0.15, 0.2) is 34.3 Å². The Hall–Kier alpha value is -3.87. The van der Waals surface area contributed by atoms with E-state index < -0.39 is 70.3 Å². The predicted molar refractivity (Wildman–Crippen MR) is 122 cm³/mol. The highest BCUT2D eigenvalue weighted by atomic mass is 19.1. The lowest BCUT2D eigenvalue weighted by Gasteiger charge is -2.43. The van der Waals surface area contributed by atoms with Gasteiger partial charge in [0.2, 0.25) is 5.43 Å². The highest BCUT2D eigenvalue weighted by Crippen LogP contribution is 2.46. The Morgan fingerprint density at radius 3 is 2.76 bits per heavy atom. The maximum atomic E-state index is 14.0. The zero-order valence-electron chi connectivity index (χ0n) is 19.6. The molecule has 13 heteroatoms. The van der Waals surface area contributed by atoms with Crippen molar-refractivity contribution in [3.8, 4) is 5.75 Å². The minimum Gasteiger partial charge on any atom is -0.503 e. The van der Waals surface area contributed by atoms with Gasteiger partial charge in [0.1, 0.15) is 35.7 Å². The number of nitrogens with zero attached hydrogens (tertiary/aromatic N) is 3. The Morgan fingerprint density at radius 1 is 1.32 bits per heavy atom. The first kappa shape index (κ1) is 24.8. The number of rotatable bonds is 4. The average molecular weight is 520 g/mol. The molecule has 37 heavy (non-hydrogen) atoms. The molecule has 2 amide bonds. The summed E-state index contributed by atoms with van der Waals surface area (Å²) < 4.78 is 41.8. The summed E-state index contributed by atoms with van der Waals surface area (Å²) in [6.45, 7) is 0.278. The summed E-state index contributed by atoms with van der Waals surface area (Å²) in [7, 11) is 0. The minimum atomic E-state index is -1.52.